The van der Waals surface area contributed by atoms with Crippen LogP contribution in [0.4, 0.5) is 0 Å². The number of aromatic nitrogens is 2. The van der Waals surface area contributed by atoms with Gasteiger partial charge in [0.2, 0.25) is 0 Å². The minimum absolute atomic E-state index is 0.296. The number of fused-ring (bicyclic) bond motifs is 1. The fraction of sp³-hybridized carbons (Fsp3) is 0.231. The number of hydrogen-bond acceptors (Lipinski definition) is 4. The molecule has 1 aliphatic heterocycles. The zero-order valence-corrected chi connectivity index (χ0v) is 11.5. The van der Waals surface area contributed by atoms with E-state index in [1.165, 1.54) is 0 Å². The summed E-state index contributed by atoms with van der Waals surface area (Å²) in [6.07, 6.45) is 5.09. The van der Waals surface area contributed by atoms with Gasteiger partial charge in [-0.25, -0.2) is 13.4 Å². The fourth-order valence-electron chi connectivity index (χ4n) is 2.12. The van der Waals surface area contributed by atoms with Crippen molar-refractivity contribution in [3.8, 4) is 0 Å². The van der Waals surface area contributed by atoms with Crippen LogP contribution in [0, 0.1) is 0 Å². The maximum absolute atomic E-state index is 11.9. The molecule has 6 nitrogen and oxygen atoms in total. The molecule has 7 heteroatoms. The largest absolute Gasteiger partial charge is 0.349 e. The molecule has 20 heavy (non-hydrogen) atoms. The summed E-state index contributed by atoms with van der Waals surface area (Å²) in [5, 5.41) is 0. The molecule has 3 rings (SSSR count). The third-order valence-corrected chi connectivity index (χ3v) is 4.46. The Morgan fingerprint density at radius 1 is 1.25 bits per heavy atom. The number of sulfonamides is 1. The lowest BCUT2D eigenvalue weighted by Gasteiger charge is -1.99. The highest BCUT2D eigenvalue weighted by Crippen LogP contribution is 2.22. The first kappa shape index (κ1) is 12.9. The molecule has 2 aromatic rings. The molecule has 0 unspecified atom stereocenters. The van der Waals surface area contributed by atoms with Gasteiger partial charge in [-0.1, -0.05) is 12.1 Å². The monoisotopic (exact) mass is 290 g/mol. The number of benzene rings is 1. The summed E-state index contributed by atoms with van der Waals surface area (Å²) in [5.41, 5.74) is 0.644. The second kappa shape index (κ2) is 5.09. The predicted octanol–water partition coefficient (Wildman–Crippen LogP) is 1.08. The quantitative estimate of drug-likeness (QED) is 0.826. The molecule has 0 fully saturated rings. The number of nitrogens with zero attached hydrogens (tertiary/aromatic N) is 2. The van der Waals surface area contributed by atoms with E-state index in [9.17, 15) is 8.42 Å². The van der Waals surface area contributed by atoms with Crippen LogP contribution in [0.2, 0.25) is 0 Å². The Kier molecular flexibility index (Phi) is 3.27. The Labute approximate surface area is 117 Å². The Morgan fingerprint density at radius 3 is 2.90 bits per heavy atom. The second-order valence-electron chi connectivity index (χ2n) is 4.47. The molecule has 0 amide bonds. The van der Waals surface area contributed by atoms with Crippen LogP contribution >= 0.6 is 0 Å². The Balaban J connectivity index is 1.71. The maximum atomic E-state index is 11.9. The van der Waals surface area contributed by atoms with Crippen molar-refractivity contribution in [3.05, 3.63) is 48.0 Å². The first-order chi connectivity index (χ1) is 9.67. The highest BCUT2D eigenvalue weighted by Gasteiger charge is 2.29. The van der Waals surface area contributed by atoms with Crippen molar-refractivity contribution >= 4 is 15.9 Å². The van der Waals surface area contributed by atoms with Crippen LogP contribution in [0.25, 0.3) is 0 Å². The Hall–Kier alpha value is -2.15. The van der Waals surface area contributed by atoms with Crippen molar-refractivity contribution in [1.82, 2.24) is 14.7 Å². The molecule has 2 N–H and O–H groups in total. The first-order valence-electron chi connectivity index (χ1n) is 6.32. The van der Waals surface area contributed by atoms with E-state index in [2.05, 4.69) is 19.7 Å². The van der Waals surface area contributed by atoms with Crippen LogP contribution in [0.1, 0.15) is 17.8 Å². The topological polar surface area (TPSA) is 87.2 Å². The number of amidine groups is 1. The average Bonchev–Trinajstić information content (AvgIpc) is 3.03. The summed E-state index contributed by atoms with van der Waals surface area (Å²) in [6, 6.07) is 6.86. The molecule has 0 bridgehead atoms. The third kappa shape index (κ3) is 2.44. The number of rotatable bonds is 4. The summed E-state index contributed by atoms with van der Waals surface area (Å²) < 4.78 is 26.2. The van der Waals surface area contributed by atoms with Crippen LogP contribution in [-0.2, 0) is 16.4 Å². The fourth-order valence-corrected chi connectivity index (χ4v) is 3.37. The number of H-pyrrole nitrogens is 1. The summed E-state index contributed by atoms with van der Waals surface area (Å²) in [4.78, 5) is 11.8. The molecule has 0 spiro atoms. The number of nitrogens with one attached hydrogen (secondary N) is 2. The van der Waals surface area contributed by atoms with Gasteiger partial charge in [0.25, 0.3) is 10.0 Å². The summed E-state index contributed by atoms with van der Waals surface area (Å²) in [5.74, 6) is 1.35. The van der Waals surface area contributed by atoms with Crippen LogP contribution in [0.3, 0.4) is 0 Å². The minimum atomic E-state index is -3.43. The van der Waals surface area contributed by atoms with Crippen molar-refractivity contribution in [3.63, 3.8) is 0 Å². The molecule has 1 aromatic heterocycles. The predicted molar refractivity (Wildman–Crippen MR) is 75.1 cm³/mol. The van der Waals surface area contributed by atoms with Crippen LogP contribution in [0.5, 0.6) is 0 Å². The van der Waals surface area contributed by atoms with Gasteiger partial charge in [0.15, 0.2) is 0 Å². The zero-order valence-electron chi connectivity index (χ0n) is 10.7. The molecule has 0 atom stereocenters. The first-order valence-corrected chi connectivity index (χ1v) is 7.80. The average molecular weight is 290 g/mol. The highest BCUT2D eigenvalue weighted by atomic mass is 32.2. The number of imidazole rings is 1. The van der Waals surface area contributed by atoms with E-state index in [1.54, 1.807) is 36.7 Å². The molecular weight excluding hydrogens is 276 g/mol. The van der Waals surface area contributed by atoms with Gasteiger partial charge < -0.3 is 4.98 Å². The van der Waals surface area contributed by atoms with Crippen LogP contribution in [-0.4, -0.2) is 30.8 Å². The van der Waals surface area contributed by atoms with Gasteiger partial charge in [0, 0.05) is 30.9 Å². The standard InChI is InChI=1S/C13H14N4O2S/c18-20(19)11-5-2-1-4-10(11)13(17-20)16-7-3-6-12-14-8-9-15-12/h1-2,4-5,8-9H,3,6-7H2,(H,14,15)(H,16,17). The summed E-state index contributed by atoms with van der Waals surface area (Å²) >= 11 is 0. The number of aliphatic imine (C=N–C) groups is 1. The normalized spacial score (nSPS) is 17.9. The molecule has 0 saturated carbocycles. The van der Waals surface area contributed by atoms with Crippen molar-refractivity contribution in [2.24, 2.45) is 4.99 Å². The van der Waals surface area contributed by atoms with Gasteiger partial charge in [-0.15, -0.1) is 0 Å². The molecule has 0 radical (unpaired) electrons. The molecule has 0 aliphatic carbocycles. The number of hydrogen-bond donors (Lipinski definition) is 2. The van der Waals surface area contributed by atoms with E-state index in [4.69, 9.17) is 0 Å². The second-order valence-corrected chi connectivity index (χ2v) is 6.12. The lowest BCUT2D eigenvalue weighted by atomic mass is 10.2. The van der Waals surface area contributed by atoms with Crippen LogP contribution < -0.4 is 4.72 Å². The van der Waals surface area contributed by atoms with E-state index >= 15 is 0 Å². The smallest absolute Gasteiger partial charge is 0.263 e. The number of aryl methyl sites for hydroxylation is 1. The van der Waals surface area contributed by atoms with E-state index < -0.39 is 10.0 Å². The lowest BCUT2D eigenvalue weighted by Crippen LogP contribution is -2.22. The van der Waals surface area contributed by atoms with Gasteiger partial charge in [0.05, 0.1) is 4.90 Å². The molecule has 0 saturated heterocycles. The van der Waals surface area contributed by atoms with E-state index in [-0.39, 0.29) is 0 Å². The van der Waals surface area contributed by atoms with Crippen molar-refractivity contribution in [2.75, 3.05) is 6.54 Å². The Morgan fingerprint density at radius 2 is 2.10 bits per heavy atom. The SMILES string of the molecule is O=S1(=O)NC(=NCCCc2ncc[nH]2)c2ccccc21. The van der Waals surface area contributed by atoms with Crippen LogP contribution in [0.15, 0.2) is 46.5 Å². The van der Waals surface area contributed by atoms with Gasteiger partial charge in [-0.3, -0.25) is 9.71 Å². The molecule has 2 heterocycles. The highest BCUT2D eigenvalue weighted by molar-refractivity contribution is 7.90. The number of aromatic amines is 1. The maximum Gasteiger partial charge on any atom is 0.263 e. The Bertz CT molecular complexity index is 735. The third-order valence-electron chi connectivity index (χ3n) is 3.06. The van der Waals surface area contributed by atoms with E-state index in [1.807, 2.05) is 0 Å². The molecule has 1 aliphatic rings. The van der Waals surface area contributed by atoms with Gasteiger partial charge >= 0.3 is 0 Å². The van der Waals surface area contributed by atoms with Crippen molar-refractivity contribution < 1.29 is 8.42 Å². The van der Waals surface area contributed by atoms with Gasteiger partial charge in [0.1, 0.15) is 11.7 Å². The molecule has 104 valence electrons. The zero-order chi connectivity index (χ0) is 14.0. The molecule has 1 aromatic carbocycles. The minimum Gasteiger partial charge on any atom is -0.349 e. The van der Waals surface area contributed by atoms with Gasteiger partial charge in [-0.05, 0) is 18.6 Å². The van der Waals surface area contributed by atoms with E-state index in [0.29, 0.717) is 22.8 Å². The van der Waals surface area contributed by atoms with E-state index in [0.717, 1.165) is 18.7 Å². The van der Waals surface area contributed by atoms with Crippen molar-refractivity contribution in [2.45, 2.75) is 17.7 Å². The summed E-state index contributed by atoms with van der Waals surface area (Å²) in [6.45, 7) is 0.548. The van der Waals surface area contributed by atoms with Crippen molar-refractivity contribution in [1.29, 1.82) is 0 Å². The molecular formula is C13H14N4O2S. The van der Waals surface area contributed by atoms with Gasteiger partial charge in [-0.2, -0.15) is 0 Å². The summed E-state index contributed by atoms with van der Waals surface area (Å²) in [7, 11) is -3.43. The lowest BCUT2D eigenvalue weighted by molar-refractivity contribution is 0.595.